The molecule has 6 nitrogen and oxygen atoms in total. The van der Waals surface area contributed by atoms with Gasteiger partial charge in [-0.25, -0.2) is 4.98 Å². The van der Waals surface area contributed by atoms with Gasteiger partial charge in [0.2, 0.25) is 12.7 Å². The number of fused-ring (bicyclic) bond motifs is 1. The largest absolute Gasteiger partial charge is 0.454 e. The van der Waals surface area contributed by atoms with E-state index in [1.54, 1.807) is 18.2 Å². The lowest BCUT2D eigenvalue weighted by atomic mass is 9.99. The Labute approximate surface area is 201 Å². The quantitative estimate of drug-likeness (QED) is 0.365. The number of nitrogens with zero attached hydrogens (tertiary/aromatic N) is 2. The van der Waals surface area contributed by atoms with Crippen LogP contribution in [0.2, 0.25) is 0 Å². The Balaban J connectivity index is 1.43. The number of benzene rings is 3. The second-order valence-electron chi connectivity index (χ2n) is 7.48. The Morgan fingerprint density at radius 1 is 0.941 bits per heavy atom. The summed E-state index contributed by atoms with van der Waals surface area (Å²) < 4.78 is 10.7. The van der Waals surface area contributed by atoms with Gasteiger partial charge >= 0.3 is 0 Å². The summed E-state index contributed by atoms with van der Waals surface area (Å²) >= 11 is 1.24. The van der Waals surface area contributed by atoms with Gasteiger partial charge in [0.15, 0.2) is 11.5 Å². The van der Waals surface area contributed by atoms with Crippen molar-refractivity contribution in [2.24, 2.45) is 0 Å². The summed E-state index contributed by atoms with van der Waals surface area (Å²) in [4.78, 5) is 17.4. The molecule has 1 aliphatic rings. The second kappa shape index (κ2) is 9.69. The van der Waals surface area contributed by atoms with Crippen LogP contribution in [0, 0.1) is 11.3 Å². The Morgan fingerprint density at radius 2 is 1.65 bits per heavy atom. The van der Waals surface area contributed by atoms with Crippen molar-refractivity contribution in [1.29, 1.82) is 5.26 Å². The molecule has 0 spiro atoms. The molecule has 4 aromatic rings. The zero-order valence-electron chi connectivity index (χ0n) is 18.0. The van der Waals surface area contributed by atoms with Crippen LogP contribution in [0.25, 0.3) is 22.4 Å². The van der Waals surface area contributed by atoms with E-state index in [1.807, 2.05) is 66.7 Å². The molecule has 0 fully saturated rings. The van der Waals surface area contributed by atoms with Gasteiger partial charge in [0.25, 0.3) is 0 Å². The van der Waals surface area contributed by atoms with Crippen LogP contribution in [0.1, 0.15) is 5.56 Å². The fraction of sp³-hybridized carbons (Fsp3) is 0.0741. The normalized spacial score (nSPS) is 11.6. The smallest absolute Gasteiger partial charge is 0.234 e. The van der Waals surface area contributed by atoms with Gasteiger partial charge in [0, 0.05) is 22.9 Å². The average Bonchev–Trinajstić information content (AvgIpc) is 3.36. The molecule has 0 unspecified atom stereocenters. The molecule has 1 N–H and O–H groups in total. The molecule has 0 aliphatic carbocycles. The van der Waals surface area contributed by atoms with E-state index in [2.05, 4.69) is 11.4 Å². The molecule has 5 rings (SSSR count). The summed E-state index contributed by atoms with van der Waals surface area (Å²) in [5.74, 6) is 1.15. The fourth-order valence-electron chi connectivity index (χ4n) is 3.64. The Bertz CT molecular complexity index is 1390. The molecule has 7 heteroatoms. The number of pyridine rings is 1. The Hall–Kier alpha value is -4.28. The number of carbonyl (C=O) groups excluding carboxylic acids is 1. The third-order valence-electron chi connectivity index (χ3n) is 5.25. The van der Waals surface area contributed by atoms with Gasteiger partial charge in [0.1, 0.15) is 11.1 Å². The van der Waals surface area contributed by atoms with E-state index in [0.717, 1.165) is 22.4 Å². The standard InChI is InChI=1S/C27H19N3O3S/c28-15-22-21(18-7-3-1-4-8-18)14-23(19-9-5-2-6-10-19)30-27(22)34-16-26(31)29-20-11-12-24-25(13-20)33-17-32-24/h1-14H,16-17H2,(H,29,31). The third-order valence-corrected chi connectivity index (χ3v) is 6.22. The van der Waals surface area contributed by atoms with E-state index in [1.165, 1.54) is 11.8 Å². The Kier molecular flexibility index (Phi) is 6.15. The molecular weight excluding hydrogens is 446 g/mol. The Morgan fingerprint density at radius 3 is 2.38 bits per heavy atom. The number of aromatic nitrogens is 1. The van der Waals surface area contributed by atoms with Gasteiger partial charge in [-0.2, -0.15) is 5.26 Å². The maximum atomic E-state index is 12.7. The van der Waals surface area contributed by atoms with Crippen molar-refractivity contribution < 1.29 is 14.3 Å². The van der Waals surface area contributed by atoms with Crippen LogP contribution < -0.4 is 14.8 Å². The number of nitriles is 1. The molecule has 1 amide bonds. The number of nitrogens with one attached hydrogen (secondary N) is 1. The van der Waals surface area contributed by atoms with Crippen molar-refractivity contribution in [1.82, 2.24) is 4.98 Å². The van der Waals surface area contributed by atoms with Crippen LogP contribution in [-0.2, 0) is 4.79 Å². The number of thioether (sulfide) groups is 1. The van der Waals surface area contributed by atoms with Crippen molar-refractivity contribution in [3.05, 3.63) is 90.5 Å². The maximum Gasteiger partial charge on any atom is 0.234 e. The lowest BCUT2D eigenvalue weighted by molar-refractivity contribution is -0.113. The highest BCUT2D eigenvalue weighted by Crippen LogP contribution is 2.35. The summed E-state index contributed by atoms with van der Waals surface area (Å²) in [5.41, 5.74) is 4.46. The summed E-state index contributed by atoms with van der Waals surface area (Å²) in [7, 11) is 0. The highest BCUT2D eigenvalue weighted by Gasteiger charge is 2.18. The summed E-state index contributed by atoms with van der Waals surface area (Å²) in [6.07, 6.45) is 0. The first-order valence-electron chi connectivity index (χ1n) is 10.6. The van der Waals surface area contributed by atoms with Gasteiger partial charge in [0.05, 0.1) is 17.0 Å². The molecule has 2 heterocycles. The van der Waals surface area contributed by atoms with Crippen LogP contribution in [0.15, 0.2) is 90.0 Å². The van der Waals surface area contributed by atoms with E-state index in [0.29, 0.717) is 27.8 Å². The molecule has 3 aromatic carbocycles. The molecule has 34 heavy (non-hydrogen) atoms. The molecule has 0 saturated carbocycles. The first kappa shape index (κ1) is 21.6. The zero-order valence-corrected chi connectivity index (χ0v) is 18.8. The number of amides is 1. The molecule has 0 atom stereocenters. The second-order valence-corrected chi connectivity index (χ2v) is 8.45. The van der Waals surface area contributed by atoms with Crippen molar-refractivity contribution >= 4 is 23.4 Å². The number of anilines is 1. The molecule has 1 aliphatic heterocycles. The fourth-order valence-corrected chi connectivity index (χ4v) is 4.44. The van der Waals surface area contributed by atoms with Gasteiger partial charge in [-0.3, -0.25) is 4.79 Å². The minimum Gasteiger partial charge on any atom is -0.454 e. The minimum absolute atomic E-state index is 0.0998. The third kappa shape index (κ3) is 4.58. The van der Waals surface area contributed by atoms with Crippen LogP contribution >= 0.6 is 11.8 Å². The van der Waals surface area contributed by atoms with E-state index >= 15 is 0 Å². The van der Waals surface area contributed by atoms with E-state index in [9.17, 15) is 10.1 Å². The molecule has 166 valence electrons. The van der Waals surface area contributed by atoms with Gasteiger partial charge in [-0.15, -0.1) is 0 Å². The topological polar surface area (TPSA) is 84.2 Å². The van der Waals surface area contributed by atoms with Gasteiger partial charge in [-0.1, -0.05) is 72.4 Å². The molecular formula is C27H19N3O3S. The molecule has 0 radical (unpaired) electrons. The predicted octanol–water partition coefficient (Wildman–Crippen LogP) is 5.75. The highest BCUT2D eigenvalue weighted by molar-refractivity contribution is 8.00. The first-order chi connectivity index (χ1) is 16.7. The van der Waals surface area contributed by atoms with Crippen molar-refractivity contribution in [2.45, 2.75) is 5.03 Å². The number of carbonyl (C=O) groups is 1. The summed E-state index contributed by atoms with van der Waals surface area (Å²) in [6, 6.07) is 29.0. The molecule has 0 bridgehead atoms. The summed E-state index contributed by atoms with van der Waals surface area (Å²) in [5, 5.41) is 13.4. The SMILES string of the molecule is N#Cc1c(-c2ccccc2)cc(-c2ccccc2)nc1SCC(=O)Nc1ccc2c(c1)OCO2. The first-order valence-corrected chi connectivity index (χ1v) is 11.6. The minimum atomic E-state index is -0.207. The number of hydrogen-bond donors (Lipinski definition) is 1. The van der Waals surface area contributed by atoms with Gasteiger partial charge < -0.3 is 14.8 Å². The maximum absolute atomic E-state index is 12.7. The number of hydrogen-bond acceptors (Lipinski definition) is 6. The predicted molar refractivity (Wildman–Crippen MR) is 132 cm³/mol. The monoisotopic (exact) mass is 465 g/mol. The summed E-state index contributed by atoms with van der Waals surface area (Å²) in [6.45, 7) is 0.173. The molecule has 1 aromatic heterocycles. The van der Waals surface area contributed by atoms with Crippen LogP contribution in [-0.4, -0.2) is 23.4 Å². The lowest BCUT2D eigenvalue weighted by Crippen LogP contribution is -2.14. The zero-order chi connectivity index (χ0) is 23.3. The van der Waals surface area contributed by atoms with Crippen molar-refractivity contribution in [3.63, 3.8) is 0 Å². The van der Waals surface area contributed by atoms with Crippen LogP contribution in [0.4, 0.5) is 5.69 Å². The average molecular weight is 466 g/mol. The van der Waals surface area contributed by atoms with Crippen LogP contribution in [0.3, 0.4) is 0 Å². The van der Waals surface area contributed by atoms with E-state index in [-0.39, 0.29) is 18.5 Å². The van der Waals surface area contributed by atoms with Crippen LogP contribution in [0.5, 0.6) is 11.5 Å². The lowest BCUT2D eigenvalue weighted by Gasteiger charge is -2.13. The van der Waals surface area contributed by atoms with Gasteiger partial charge in [-0.05, 0) is 23.8 Å². The van der Waals surface area contributed by atoms with E-state index < -0.39 is 0 Å². The van der Waals surface area contributed by atoms with E-state index in [4.69, 9.17) is 14.5 Å². The van der Waals surface area contributed by atoms with Crippen molar-refractivity contribution in [3.8, 4) is 40.0 Å². The van der Waals surface area contributed by atoms with Crippen molar-refractivity contribution in [2.75, 3.05) is 17.9 Å². The number of rotatable bonds is 6. The molecule has 0 saturated heterocycles. The highest BCUT2D eigenvalue weighted by atomic mass is 32.2. The number of ether oxygens (including phenoxy) is 2.